The predicted molar refractivity (Wildman–Crippen MR) is 154 cm³/mol. The average molecular weight is 463 g/mol. The van der Waals surface area contributed by atoms with Crippen molar-refractivity contribution in [3.8, 4) is 0 Å². The summed E-state index contributed by atoms with van der Waals surface area (Å²) in [6, 6.07) is 0. The van der Waals surface area contributed by atoms with Crippen molar-refractivity contribution in [1.82, 2.24) is 0 Å². The number of unbranched alkanes of at least 4 members (excludes halogenated alkanes) is 21. The molecule has 0 amide bonds. The lowest BCUT2D eigenvalue weighted by molar-refractivity contribution is 0.264. The summed E-state index contributed by atoms with van der Waals surface area (Å²) in [4.78, 5) is 0. The normalized spacial score (nSPS) is 11.8. The number of rotatable bonds is 28. The van der Waals surface area contributed by atoms with Crippen molar-refractivity contribution >= 4 is 0 Å². The second-order valence-electron chi connectivity index (χ2n) is 11.2. The van der Waals surface area contributed by atoms with Gasteiger partial charge in [0.05, 0.1) is 0 Å². The summed E-state index contributed by atoms with van der Waals surface area (Å²) in [5, 5.41) is 0. The summed E-state index contributed by atoms with van der Waals surface area (Å²) < 4.78 is 0. The van der Waals surface area contributed by atoms with Gasteiger partial charge in [-0.05, 0) is 24.7 Å². The van der Waals surface area contributed by atoms with Crippen LogP contribution in [0.15, 0.2) is 12.7 Å². The van der Waals surface area contributed by atoms with E-state index in [1.54, 1.807) is 0 Å². The average Bonchev–Trinajstić information content (AvgIpc) is 2.83. The Balaban J connectivity index is 4.24. The third-order valence-electron chi connectivity index (χ3n) is 8.02. The van der Waals surface area contributed by atoms with Gasteiger partial charge in [-0.3, -0.25) is 0 Å². The third kappa shape index (κ3) is 22.0. The summed E-state index contributed by atoms with van der Waals surface area (Å²) >= 11 is 0. The van der Waals surface area contributed by atoms with Crippen LogP contribution in [0, 0.1) is 5.41 Å². The van der Waals surface area contributed by atoms with Gasteiger partial charge in [-0.1, -0.05) is 181 Å². The molecule has 0 aliphatic heterocycles. The topological polar surface area (TPSA) is 0 Å². The molecule has 0 unspecified atom stereocenters. The maximum atomic E-state index is 4.38. The zero-order valence-electron chi connectivity index (χ0n) is 23.9. The van der Waals surface area contributed by atoms with Gasteiger partial charge in [-0.25, -0.2) is 0 Å². The van der Waals surface area contributed by atoms with E-state index in [2.05, 4.69) is 33.4 Å². The fraction of sp³-hybridized carbons (Fsp3) is 0.939. The molecular formula is C33H66. The van der Waals surface area contributed by atoms with Crippen molar-refractivity contribution in [1.29, 1.82) is 0 Å². The van der Waals surface area contributed by atoms with Crippen LogP contribution in [0.5, 0.6) is 0 Å². The van der Waals surface area contributed by atoms with Crippen LogP contribution in [0.4, 0.5) is 0 Å². The third-order valence-corrected chi connectivity index (χ3v) is 8.02. The van der Waals surface area contributed by atoms with E-state index in [1.165, 1.54) is 173 Å². The van der Waals surface area contributed by atoms with Gasteiger partial charge in [0.1, 0.15) is 0 Å². The molecule has 0 aromatic heterocycles. The fourth-order valence-corrected chi connectivity index (χ4v) is 5.51. The molecule has 0 nitrogen and oxygen atoms in total. The molecule has 0 radical (unpaired) electrons. The van der Waals surface area contributed by atoms with Crippen LogP contribution in [0.3, 0.4) is 0 Å². The van der Waals surface area contributed by atoms with Gasteiger partial charge in [0, 0.05) is 0 Å². The minimum Gasteiger partial charge on any atom is -0.103 e. The van der Waals surface area contributed by atoms with Crippen molar-refractivity contribution in [2.45, 2.75) is 194 Å². The molecule has 0 aromatic carbocycles. The van der Waals surface area contributed by atoms with Gasteiger partial charge in [-0.15, -0.1) is 6.58 Å². The quantitative estimate of drug-likeness (QED) is 0.0800. The van der Waals surface area contributed by atoms with Crippen LogP contribution in [0.2, 0.25) is 0 Å². The maximum absolute atomic E-state index is 4.38. The van der Waals surface area contributed by atoms with E-state index in [0.717, 1.165) is 0 Å². The zero-order valence-corrected chi connectivity index (χ0v) is 23.9. The Labute approximate surface area is 212 Å². The first-order chi connectivity index (χ1) is 16.2. The molecule has 198 valence electrons. The van der Waals surface area contributed by atoms with Crippen molar-refractivity contribution < 1.29 is 0 Å². The molecule has 0 atom stereocenters. The number of hydrogen-bond donors (Lipinski definition) is 0. The van der Waals surface area contributed by atoms with E-state index < -0.39 is 0 Å². The van der Waals surface area contributed by atoms with Crippen molar-refractivity contribution in [2.24, 2.45) is 5.41 Å². The fourth-order valence-electron chi connectivity index (χ4n) is 5.51. The van der Waals surface area contributed by atoms with Gasteiger partial charge in [0.15, 0.2) is 0 Å². The Morgan fingerprint density at radius 1 is 0.364 bits per heavy atom. The van der Waals surface area contributed by atoms with Crippen LogP contribution in [0.1, 0.15) is 194 Å². The summed E-state index contributed by atoms with van der Waals surface area (Å²) in [6.07, 6.45) is 41.0. The zero-order chi connectivity index (χ0) is 24.3. The molecule has 0 rings (SSSR count). The Morgan fingerprint density at radius 3 is 0.788 bits per heavy atom. The SMILES string of the molecule is C=CC(CCCCCCCCCC)(CCCCCCCCCC)CCCCCCCCCC. The van der Waals surface area contributed by atoms with Gasteiger partial charge in [-0.2, -0.15) is 0 Å². The summed E-state index contributed by atoms with van der Waals surface area (Å²) in [7, 11) is 0. The molecule has 0 spiro atoms. The highest BCUT2D eigenvalue weighted by molar-refractivity contribution is 4.94. The molecular weight excluding hydrogens is 396 g/mol. The van der Waals surface area contributed by atoms with Gasteiger partial charge in [0.25, 0.3) is 0 Å². The minimum absolute atomic E-state index is 0.437. The molecule has 0 aliphatic carbocycles. The van der Waals surface area contributed by atoms with E-state index in [1.807, 2.05) is 0 Å². The molecule has 0 heterocycles. The Hall–Kier alpha value is -0.260. The lowest BCUT2D eigenvalue weighted by Crippen LogP contribution is -2.18. The Morgan fingerprint density at radius 2 is 0.576 bits per heavy atom. The Kier molecular flexibility index (Phi) is 26.1. The van der Waals surface area contributed by atoms with Gasteiger partial charge in [0.2, 0.25) is 0 Å². The standard InChI is InChI=1S/C33H66/c1-5-9-12-15-18-21-24-27-30-33(8-4,31-28-25-22-19-16-13-10-6-2)32-29-26-23-20-17-14-11-7-3/h8H,4-7,9-32H2,1-3H3. The summed E-state index contributed by atoms with van der Waals surface area (Å²) in [5.41, 5.74) is 0.437. The highest BCUT2D eigenvalue weighted by Crippen LogP contribution is 2.38. The molecule has 0 fully saturated rings. The Bertz CT molecular complexity index is 318. The molecule has 0 saturated carbocycles. The van der Waals surface area contributed by atoms with E-state index in [9.17, 15) is 0 Å². The first-order valence-electron chi connectivity index (χ1n) is 15.9. The van der Waals surface area contributed by atoms with Crippen molar-refractivity contribution in [3.63, 3.8) is 0 Å². The second-order valence-corrected chi connectivity index (χ2v) is 11.2. The van der Waals surface area contributed by atoms with Crippen LogP contribution in [-0.4, -0.2) is 0 Å². The molecule has 33 heavy (non-hydrogen) atoms. The van der Waals surface area contributed by atoms with Crippen LogP contribution >= 0.6 is 0 Å². The second kappa shape index (κ2) is 26.3. The van der Waals surface area contributed by atoms with Gasteiger partial charge >= 0.3 is 0 Å². The highest BCUT2D eigenvalue weighted by Gasteiger charge is 2.25. The largest absolute Gasteiger partial charge is 0.103 e. The maximum Gasteiger partial charge on any atom is -0.0121 e. The summed E-state index contributed by atoms with van der Waals surface area (Å²) in [5.74, 6) is 0. The van der Waals surface area contributed by atoms with E-state index >= 15 is 0 Å². The van der Waals surface area contributed by atoms with Crippen LogP contribution < -0.4 is 0 Å². The van der Waals surface area contributed by atoms with Crippen LogP contribution in [0.25, 0.3) is 0 Å². The highest BCUT2D eigenvalue weighted by atomic mass is 14.3. The summed E-state index contributed by atoms with van der Waals surface area (Å²) in [6.45, 7) is 11.3. The van der Waals surface area contributed by atoms with Gasteiger partial charge < -0.3 is 0 Å². The monoisotopic (exact) mass is 463 g/mol. The number of hydrogen-bond acceptors (Lipinski definition) is 0. The number of allylic oxidation sites excluding steroid dienone is 1. The smallest absolute Gasteiger partial charge is 0.0121 e. The predicted octanol–water partition coefficient (Wildman–Crippen LogP) is 12.8. The molecule has 0 aliphatic rings. The van der Waals surface area contributed by atoms with Crippen molar-refractivity contribution in [3.05, 3.63) is 12.7 Å². The van der Waals surface area contributed by atoms with Crippen LogP contribution in [-0.2, 0) is 0 Å². The first-order valence-corrected chi connectivity index (χ1v) is 15.9. The molecule has 0 heteroatoms. The lowest BCUT2D eigenvalue weighted by Gasteiger charge is -2.31. The van der Waals surface area contributed by atoms with Crippen molar-refractivity contribution in [2.75, 3.05) is 0 Å². The molecule has 0 saturated heterocycles. The lowest BCUT2D eigenvalue weighted by atomic mass is 9.74. The molecule has 0 aromatic rings. The first kappa shape index (κ1) is 32.7. The molecule has 0 bridgehead atoms. The minimum atomic E-state index is 0.437. The van der Waals surface area contributed by atoms with E-state index in [0.29, 0.717) is 5.41 Å². The molecule has 0 N–H and O–H groups in total. The van der Waals surface area contributed by atoms with E-state index in [-0.39, 0.29) is 0 Å². The van der Waals surface area contributed by atoms with E-state index in [4.69, 9.17) is 0 Å².